The third-order valence-electron chi connectivity index (χ3n) is 5.55. The molecule has 33 heavy (non-hydrogen) atoms. The van der Waals surface area contributed by atoms with E-state index in [2.05, 4.69) is 54.4 Å². The molecule has 0 radical (unpaired) electrons. The molecule has 0 spiro atoms. The van der Waals surface area contributed by atoms with Gasteiger partial charge in [0.1, 0.15) is 5.75 Å². The van der Waals surface area contributed by atoms with Crippen LogP contribution in [-0.2, 0) is 0 Å². The molecule has 1 aromatic heterocycles. The molecule has 2 heterocycles. The number of rotatable bonds is 9. The Morgan fingerprint density at radius 3 is 2.42 bits per heavy atom. The maximum atomic E-state index is 10.4. The fourth-order valence-corrected chi connectivity index (χ4v) is 3.77. The van der Waals surface area contributed by atoms with Crippen molar-refractivity contribution in [2.75, 3.05) is 46.7 Å². The predicted molar refractivity (Wildman–Crippen MR) is 134 cm³/mol. The lowest BCUT2D eigenvalue weighted by molar-refractivity contribution is 0.474. The Morgan fingerprint density at radius 1 is 1.00 bits per heavy atom. The summed E-state index contributed by atoms with van der Waals surface area (Å²) in [6, 6.07) is 15.3. The van der Waals surface area contributed by atoms with Gasteiger partial charge in [-0.3, -0.25) is 0 Å². The average molecular weight is 447 g/mol. The Balaban J connectivity index is 1.52. The Bertz CT molecular complexity index is 1080. The van der Waals surface area contributed by atoms with E-state index in [-0.39, 0.29) is 5.75 Å². The van der Waals surface area contributed by atoms with Crippen LogP contribution in [0, 0.1) is 0 Å². The van der Waals surface area contributed by atoms with E-state index in [9.17, 15) is 5.11 Å². The van der Waals surface area contributed by atoms with Crippen LogP contribution in [0.25, 0.3) is 0 Å². The van der Waals surface area contributed by atoms with E-state index < -0.39 is 0 Å². The van der Waals surface area contributed by atoms with Crippen molar-refractivity contribution in [1.29, 1.82) is 0 Å². The van der Waals surface area contributed by atoms with Crippen molar-refractivity contribution in [1.82, 2.24) is 15.0 Å². The van der Waals surface area contributed by atoms with E-state index >= 15 is 0 Å². The molecule has 0 aliphatic carbocycles. The molecule has 4 rings (SSSR count). The summed E-state index contributed by atoms with van der Waals surface area (Å²) in [6.07, 6.45) is 3.80. The molecular formula is C24H30N8O. The molecule has 0 unspecified atom stereocenters. The Hall–Kier alpha value is -3.88. The van der Waals surface area contributed by atoms with Crippen molar-refractivity contribution in [3.05, 3.63) is 54.1 Å². The number of aromatic nitrogens is 3. The molecule has 1 aliphatic heterocycles. The van der Waals surface area contributed by atoms with E-state index in [1.54, 1.807) is 12.3 Å². The second-order valence-corrected chi connectivity index (χ2v) is 7.75. The number of hydrazone groups is 1. The van der Waals surface area contributed by atoms with E-state index in [0.29, 0.717) is 23.4 Å². The van der Waals surface area contributed by atoms with Crippen molar-refractivity contribution in [2.24, 2.45) is 5.10 Å². The summed E-state index contributed by atoms with van der Waals surface area (Å²) >= 11 is 0. The normalized spacial score (nSPS) is 13.5. The first kappa shape index (κ1) is 22.3. The largest absolute Gasteiger partial charge is 0.507 e. The Kier molecular flexibility index (Phi) is 7.19. The molecule has 1 saturated heterocycles. The maximum absolute atomic E-state index is 10.4. The zero-order valence-electron chi connectivity index (χ0n) is 19.1. The summed E-state index contributed by atoms with van der Waals surface area (Å²) in [5.74, 6) is 1.57. The highest BCUT2D eigenvalue weighted by Crippen LogP contribution is 2.24. The summed E-state index contributed by atoms with van der Waals surface area (Å²) in [7, 11) is 0. The average Bonchev–Trinajstić information content (AvgIpc) is 3.37. The molecule has 0 amide bonds. The van der Waals surface area contributed by atoms with E-state index in [4.69, 9.17) is 0 Å². The Labute approximate surface area is 194 Å². The van der Waals surface area contributed by atoms with Crippen LogP contribution in [0.3, 0.4) is 0 Å². The summed E-state index contributed by atoms with van der Waals surface area (Å²) in [6.45, 7) is 7.78. The number of phenols is 1. The van der Waals surface area contributed by atoms with Crippen molar-refractivity contribution in [2.45, 2.75) is 26.7 Å². The lowest BCUT2D eigenvalue weighted by Gasteiger charge is -2.21. The van der Waals surface area contributed by atoms with Crippen LogP contribution >= 0.6 is 0 Å². The van der Waals surface area contributed by atoms with E-state index in [0.717, 1.165) is 50.4 Å². The van der Waals surface area contributed by atoms with E-state index in [1.807, 2.05) is 42.5 Å². The van der Waals surface area contributed by atoms with Gasteiger partial charge in [-0.1, -0.05) is 18.2 Å². The lowest BCUT2D eigenvalue weighted by atomic mass is 10.2. The quantitative estimate of drug-likeness (QED) is 0.332. The van der Waals surface area contributed by atoms with Gasteiger partial charge in [0.05, 0.1) is 6.21 Å². The zero-order valence-corrected chi connectivity index (χ0v) is 19.1. The molecule has 2 aromatic carbocycles. The standard InChI is InChI=1S/C24H30N8O/c1-3-31(4-2)20-13-12-18(21(33)16-20)17-25-30-23-27-22(26-19-10-6-5-7-11-19)28-24(29-23)32-14-8-9-15-32/h5-7,10-13,16-17,33H,3-4,8-9,14-15H2,1-2H3,(H2,26,27,28,29,30)/b25-17+. The molecule has 172 valence electrons. The molecule has 9 nitrogen and oxygen atoms in total. The third kappa shape index (κ3) is 5.68. The molecule has 3 aromatic rings. The first-order chi connectivity index (χ1) is 16.2. The first-order valence-corrected chi connectivity index (χ1v) is 11.4. The number of benzene rings is 2. The molecule has 0 atom stereocenters. The second kappa shape index (κ2) is 10.6. The number of phenolic OH excluding ortho intramolecular Hbond substituents is 1. The van der Waals surface area contributed by atoms with Gasteiger partial charge in [0, 0.05) is 49.2 Å². The van der Waals surface area contributed by atoms with Gasteiger partial charge in [0.25, 0.3) is 0 Å². The maximum Gasteiger partial charge on any atom is 0.250 e. The minimum absolute atomic E-state index is 0.171. The van der Waals surface area contributed by atoms with Crippen LogP contribution in [0.2, 0.25) is 0 Å². The number of nitrogens with zero attached hydrogens (tertiary/aromatic N) is 6. The van der Waals surface area contributed by atoms with Gasteiger partial charge < -0.3 is 20.2 Å². The van der Waals surface area contributed by atoms with Gasteiger partial charge in [-0.25, -0.2) is 5.43 Å². The molecule has 0 saturated carbocycles. The highest BCUT2D eigenvalue weighted by molar-refractivity contribution is 5.84. The number of nitrogens with one attached hydrogen (secondary N) is 2. The van der Waals surface area contributed by atoms with Gasteiger partial charge >= 0.3 is 0 Å². The minimum atomic E-state index is 0.171. The summed E-state index contributed by atoms with van der Waals surface area (Å²) in [5, 5.41) is 17.9. The fraction of sp³-hybridized carbons (Fsp3) is 0.333. The summed E-state index contributed by atoms with van der Waals surface area (Å²) < 4.78 is 0. The number of para-hydroxylation sites is 1. The predicted octanol–water partition coefficient (Wildman–Crippen LogP) is 4.21. The molecule has 1 aliphatic rings. The molecule has 0 bridgehead atoms. The fourth-order valence-electron chi connectivity index (χ4n) is 3.77. The van der Waals surface area contributed by atoms with Crippen molar-refractivity contribution in [3.8, 4) is 5.75 Å². The molecular weight excluding hydrogens is 416 g/mol. The number of hydrogen-bond donors (Lipinski definition) is 3. The summed E-state index contributed by atoms with van der Waals surface area (Å²) in [5.41, 5.74) is 5.37. The second-order valence-electron chi connectivity index (χ2n) is 7.75. The van der Waals surface area contributed by atoms with Crippen LogP contribution in [0.1, 0.15) is 32.3 Å². The van der Waals surface area contributed by atoms with Gasteiger partial charge in [0.2, 0.25) is 17.8 Å². The van der Waals surface area contributed by atoms with Crippen LogP contribution in [0.5, 0.6) is 5.75 Å². The summed E-state index contributed by atoms with van der Waals surface area (Å²) in [4.78, 5) is 17.9. The number of hydrogen-bond acceptors (Lipinski definition) is 9. The van der Waals surface area contributed by atoms with Crippen molar-refractivity contribution >= 4 is 35.4 Å². The number of anilines is 5. The lowest BCUT2D eigenvalue weighted by Crippen LogP contribution is -2.22. The van der Waals surface area contributed by atoms with Crippen molar-refractivity contribution < 1.29 is 5.11 Å². The van der Waals surface area contributed by atoms with Gasteiger partial charge in [-0.2, -0.15) is 20.1 Å². The smallest absolute Gasteiger partial charge is 0.250 e. The molecule has 3 N–H and O–H groups in total. The number of aromatic hydroxyl groups is 1. The highest BCUT2D eigenvalue weighted by atomic mass is 16.3. The van der Waals surface area contributed by atoms with Gasteiger partial charge in [0.15, 0.2) is 0 Å². The molecule has 9 heteroatoms. The van der Waals surface area contributed by atoms with Gasteiger partial charge in [-0.05, 0) is 51.0 Å². The third-order valence-corrected chi connectivity index (χ3v) is 5.55. The zero-order chi connectivity index (χ0) is 23.0. The van der Waals surface area contributed by atoms with Gasteiger partial charge in [-0.15, -0.1) is 0 Å². The molecule has 1 fully saturated rings. The monoisotopic (exact) mass is 446 g/mol. The Morgan fingerprint density at radius 2 is 1.73 bits per heavy atom. The first-order valence-electron chi connectivity index (χ1n) is 11.4. The SMILES string of the molecule is CCN(CC)c1ccc(/C=N/Nc2nc(Nc3ccccc3)nc(N3CCCC3)n2)c(O)c1. The minimum Gasteiger partial charge on any atom is -0.507 e. The van der Waals surface area contributed by atoms with Crippen LogP contribution in [-0.4, -0.2) is 52.5 Å². The van der Waals surface area contributed by atoms with E-state index in [1.165, 1.54) is 0 Å². The van der Waals surface area contributed by atoms with Crippen LogP contribution in [0.15, 0.2) is 53.6 Å². The topological polar surface area (TPSA) is 102 Å². The highest BCUT2D eigenvalue weighted by Gasteiger charge is 2.17. The van der Waals surface area contributed by atoms with Crippen LogP contribution < -0.4 is 20.5 Å². The van der Waals surface area contributed by atoms with Crippen LogP contribution in [0.4, 0.5) is 29.2 Å². The van der Waals surface area contributed by atoms with Crippen molar-refractivity contribution in [3.63, 3.8) is 0 Å².